The molecule has 0 bridgehead atoms. The molecule has 4 heterocycles. The van der Waals surface area contributed by atoms with Crippen LogP contribution in [0, 0.1) is 34.5 Å². The first-order valence-electron chi connectivity index (χ1n) is 18.9. The first-order chi connectivity index (χ1) is 27.0. The highest BCUT2D eigenvalue weighted by Gasteiger charge is 2.55. The van der Waals surface area contributed by atoms with Crippen LogP contribution in [0.2, 0.25) is 0 Å². The molecule has 3 aliphatic rings. The number of carbonyl (C=O) groups excluding carboxylic acids is 4. The van der Waals surface area contributed by atoms with E-state index in [0.717, 1.165) is 64.9 Å². The van der Waals surface area contributed by atoms with Gasteiger partial charge in [0, 0.05) is 24.2 Å². The second-order valence-corrected chi connectivity index (χ2v) is 15.1. The molecule has 15 nitrogen and oxygen atoms in total. The number of H-pyrrole nitrogens is 2. The average Bonchev–Trinajstić information content (AvgIpc) is 3.69. The summed E-state index contributed by atoms with van der Waals surface area (Å²) in [4.78, 5) is 70.9. The van der Waals surface area contributed by atoms with E-state index in [0.29, 0.717) is 25.3 Å². The summed E-state index contributed by atoms with van der Waals surface area (Å²) in [6, 6.07) is 13.3. The molecule has 56 heavy (non-hydrogen) atoms. The highest BCUT2D eigenvalue weighted by molar-refractivity contribution is 5.87. The number of rotatable bonds is 9. The van der Waals surface area contributed by atoms with Crippen molar-refractivity contribution in [1.29, 1.82) is 5.26 Å². The van der Waals surface area contributed by atoms with Gasteiger partial charge in [0.2, 0.25) is 11.8 Å². The van der Waals surface area contributed by atoms with Crippen LogP contribution in [0.25, 0.3) is 22.3 Å². The molecule has 4 aromatic rings. The van der Waals surface area contributed by atoms with Gasteiger partial charge in [0.25, 0.3) is 0 Å². The van der Waals surface area contributed by atoms with Crippen LogP contribution < -0.4 is 10.6 Å². The molecule has 4 N–H and O–H groups in total. The van der Waals surface area contributed by atoms with Crippen molar-refractivity contribution >= 4 is 35.0 Å². The summed E-state index contributed by atoms with van der Waals surface area (Å²) in [5, 5.41) is 14.4. The summed E-state index contributed by atoms with van der Waals surface area (Å²) in [7, 11) is 2.50. The maximum atomic E-state index is 13.8. The molecule has 1 saturated carbocycles. The van der Waals surface area contributed by atoms with Gasteiger partial charge in [0.1, 0.15) is 23.7 Å². The van der Waals surface area contributed by atoms with Crippen LogP contribution in [0.1, 0.15) is 87.2 Å². The summed E-state index contributed by atoms with van der Waals surface area (Å²) < 4.78 is 9.43. The van der Waals surface area contributed by atoms with Crippen LogP contribution in [0.5, 0.6) is 0 Å². The smallest absolute Gasteiger partial charge is 0.407 e. The number of nitriles is 1. The van der Waals surface area contributed by atoms with Crippen LogP contribution in [0.4, 0.5) is 9.59 Å². The van der Waals surface area contributed by atoms with Crippen LogP contribution in [-0.2, 0) is 19.1 Å². The van der Waals surface area contributed by atoms with Crippen molar-refractivity contribution in [3.63, 3.8) is 0 Å². The highest BCUT2D eigenvalue weighted by atomic mass is 16.5. The van der Waals surface area contributed by atoms with Crippen molar-refractivity contribution < 1.29 is 28.7 Å². The summed E-state index contributed by atoms with van der Waals surface area (Å²) >= 11 is 0. The molecule has 7 rings (SSSR count). The van der Waals surface area contributed by atoms with E-state index in [1.54, 1.807) is 11.1 Å². The minimum atomic E-state index is -1.01. The van der Waals surface area contributed by atoms with Gasteiger partial charge < -0.3 is 39.9 Å². The number of hydrogen-bond acceptors (Lipinski definition) is 9. The summed E-state index contributed by atoms with van der Waals surface area (Å²) in [6.45, 7) is 4.94. The van der Waals surface area contributed by atoms with Gasteiger partial charge in [-0.15, -0.1) is 0 Å². The topological polar surface area (TPSA) is 198 Å². The first-order valence-corrected chi connectivity index (χ1v) is 18.9. The van der Waals surface area contributed by atoms with E-state index in [1.165, 1.54) is 14.2 Å². The number of aromatic amines is 2. The van der Waals surface area contributed by atoms with E-state index in [-0.39, 0.29) is 41.7 Å². The molecule has 15 heteroatoms. The zero-order chi connectivity index (χ0) is 39.6. The number of alkyl carbamates (subject to hydrolysis) is 2. The molecular weight excluding hydrogens is 715 g/mol. The largest absolute Gasteiger partial charge is 0.453 e. The third-order valence-electron chi connectivity index (χ3n) is 11.0. The number of benzene rings is 2. The monoisotopic (exact) mass is 759 g/mol. The lowest BCUT2D eigenvalue weighted by atomic mass is 10.0. The molecule has 2 saturated heterocycles. The molecular formula is C41H45N9O6. The van der Waals surface area contributed by atoms with Gasteiger partial charge in [0.15, 0.2) is 0 Å². The first kappa shape index (κ1) is 37.9. The van der Waals surface area contributed by atoms with E-state index in [9.17, 15) is 24.4 Å². The van der Waals surface area contributed by atoms with Crippen LogP contribution in [0.15, 0.2) is 48.7 Å². The predicted molar refractivity (Wildman–Crippen MR) is 204 cm³/mol. The van der Waals surface area contributed by atoms with Crippen molar-refractivity contribution in [3.8, 4) is 29.2 Å². The Balaban J connectivity index is 1.03. The van der Waals surface area contributed by atoms with Crippen LogP contribution >= 0.6 is 0 Å². The van der Waals surface area contributed by atoms with E-state index in [1.807, 2.05) is 67.3 Å². The number of hydrogen-bond donors (Lipinski definition) is 4. The fourth-order valence-electron chi connectivity index (χ4n) is 7.75. The van der Waals surface area contributed by atoms with Crippen molar-refractivity contribution in [2.75, 3.05) is 27.3 Å². The van der Waals surface area contributed by atoms with Crippen LogP contribution in [0.3, 0.4) is 0 Å². The Kier molecular flexibility index (Phi) is 10.7. The van der Waals surface area contributed by atoms with Crippen molar-refractivity contribution in [3.05, 3.63) is 71.4 Å². The third kappa shape index (κ3) is 7.89. The number of methoxy groups -OCH3 is 2. The second-order valence-electron chi connectivity index (χ2n) is 15.1. The molecule has 2 aromatic heterocycles. The predicted octanol–water partition coefficient (Wildman–Crippen LogP) is 5.09. The second kappa shape index (κ2) is 15.8. The Morgan fingerprint density at radius 2 is 1.64 bits per heavy atom. The molecule has 1 aliphatic carbocycles. The van der Waals surface area contributed by atoms with E-state index < -0.39 is 24.3 Å². The van der Waals surface area contributed by atoms with Gasteiger partial charge in [-0.3, -0.25) is 9.59 Å². The number of imidazole rings is 2. The van der Waals surface area contributed by atoms with E-state index >= 15 is 0 Å². The normalized spacial score (nSPS) is 19.2. The van der Waals surface area contributed by atoms with Gasteiger partial charge in [0.05, 0.1) is 61.7 Å². The Labute approximate surface area is 324 Å². The Morgan fingerprint density at radius 3 is 2.34 bits per heavy atom. The third-order valence-corrected chi connectivity index (χ3v) is 11.0. The maximum Gasteiger partial charge on any atom is 0.407 e. The Morgan fingerprint density at radius 1 is 0.929 bits per heavy atom. The SMILES string of the molecule is COC(=O)N[C@@H](CC#N)C(=O)N1CCC[C@H]1c1ncc(-c2ccc(C#Cc3ccc4nc([C@@H]5CC6(CC6)CN5C(=O)[C@@H](NC(=O)OC)C(C)C)[nH]c4c3)cc2)[nH]1. The minimum absolute atomic E-state index is 0.102. The maximum absolute atomic E-state index is 13.8. The fourth-order valence-corrected chi connectivity index (χ4v) is 7.75. The molecule has 1 spiro atoms. The fraction of sp³-hybridized carbons (Fsp3) is 0.439. The van der Waals surface area contributed by atoms with Crippen molar-refractivity contribution in [2.45, 2.75) is 76.5 Å². The molecule has 0 radical (unpaired) electrons. The highest BCUT2D eigenvalue weighted by Crippen LogP contribution is 2.58. The molecule has 0 unspecified atom stereocenters. The summed E-state index contributed by atoms with van der Waals surface area (Å²) in [5.74, 6) is 7.26. The van der Waals surface area contributed by atoms with E-state index in [2.05, 4.69) is 42.2 Å². The quantitative estimate of drug-likeness (QED) is 0.168. The number of amides is 4. The summed E-state index contributed by atoms with van der Waals surface area (Å²) in [6.07, 6.45) is 4.60. The lowest BCUT2D eigenvalue weighted by Crippen LogP contribution is -2.51. The Hall–Kier alpha value is -6.35. The number of ether oxygens (including phenoxy) is 2. The van der Waals surface area contributed by atoms with Gasteiger partial charge in [-0.2, -0.15) is 5.26 Å². The number of likely N-dealkylation sites (tertiary alicyclic amines) is 2. The molecule has 4 atom stereocenters. The summed E-state index contributed by atoms with van der Waals surface area (Å²) in [5.41, 5.74) is 5.04. The number of carbonyl (C=O) groups is 4. The molecule has 290 valence electrons. The lowest BCUT2D eigenvalue weighted by molar-refractivity contribution is -0.136. The average molecular weight is 760 g/mol. The zero-order valence-corrected chi connectivity index (χ0v) is 31.8. The standard InChI is InChI=1S/C41H45N9O6/c1-24(2)34(48-40(54)56-4)38(52)50-23-41(16-17-41)21-33(50)36-44-28-14-11-26(20-30(28)45-36)8-7-25-9-12-27(13-10-25)31-22-43-35(46-31)32-6-5-19-49(32)37(51)29(15-18-42)47-39(53)55-3/h9-14,20,22,24,29,32-34H,5-6,15-17,19,21,23H2,1-4H3,(H,43,46)(H,44,45)(H,47,53)(H,48,54)/t29-,32-,33-,34-/m0/s1. The number of aromatic nitrogens is 4. The van der Waals surface area contributed by atoms with Gasteiger partial charge in [-0.1, -0.05) is 37.8 Å². The number of fused-ring (bicyclic) bond motifs is 1. The number of nitrogens with zero attached hydrogens (tertiary/aromatic N) is 5. The van der Waals surface area contributed by atoms with Crippen molar-refractivity contribution in [2.24, 2.45) is 11.3 Å². The van der Waals surface area contributed by atoms with Gasteiger partial charge in [-0.05, 0) is 79.3 Å². The molecule has 3 fully saturated rings. The minimum Gasteiger partial charge on any atom is -0.453 e. The molecule has 2 aliphatic heterocycles. The lowest BCUT2D eigenvalue weighted by Gasteiger charge is -2.30. The van der Waals surface area contributed by atoms with E-state index in [4.69, 9.17) is 9.72 Å². The molecule has 4 amide bonds. The zero-order valence-electron chi connectivity index (χ0n) is 31.8. The Bertz CT molecular complexity index is 2240. The number of nitrogens with one attached hydrogen (secondary N) is 4. The van der Waals surface area contributed by atoms with Gasteiger partial charge >= 0.3 is 12.2 Å². The van der Waals surface area contributed by atoms with Crippen molar-refractivity contribution in [1.82, 2.24) is 40.4 Å². The molecule has 2 aromatic carbocycles. The van der Waals surface area contributed by atoms with Gasteiger partial charge in [-0.25, -0.2) is 19.6 Å². The van der Waals surface area contributed by atoms with Crippen LogP contribution in [-0.4, -0.2) is 93.1 Å².